The van der Waals surface area contributed by atoms with Crippen LogP contribution < -0.4 is 16.8 Å². The highest BCUT2D eigenvalue weighted by molar-refractivity contribution is 4.43. The lowest BCUT2D eigenvalue weighted by Crippen LogP contribution is -2.30. The lowest BCUT2D eigenvalue weighted by Gasteiger charge is -2.00. The third kappa shape index (κ3) is 7.88. The van der Waals surface area contributed by atoms with Gasteiger partial charge in [0.05, 0.1) is 0 Å². The van der Waals surface area contributed by atoms with Crippen molar-refractivity contribution in [3.05, 3.63) is 0 Å². The van der Waals surface area contributed by atoms with Gasteiger partial charge in [0, 0.05) is 6.54 Å². The van der Waals surface area contributed by atoms with Gasteiger partial charge in [0.2, 0.25) is 0 Å². The zero-order valence-electron chi connectivity index (χ0n) is 6.74. The molecule has 0 atom stereocenters. The van der Waals surface area contributed by atoms with Gasteiger partial charge in [-0.25, -0.2) is 5.43 Å². The fourth-order valence-corrected chi connectivity index (χ4v) is 0.879. The van der Waals surface area contributed by atoms with Gasteiger partial charge in [-0.3, -0.25) is 0 Å². The minimum Gasteiger partial charge on any atom is -0.243 e. The van der Waals surface area contributed by atoms with Crippen molar-refractivity contribution < 1.29 is 0 Å². The molecule has 0 aliphatic heterocycles. The maximum absolute atomic E-state index is 6.56. The van der Waals surface area contributed by atoms with Gasteiger partial charge in [0.25, 0.3) is 0 Å². The minimum absolute atomic E-state index is 0.910. The molecule has 0 aliphatic carbocycles. The molecule has 0 saturated heterocycles. The molecule has 0 aliphatic rings. The van der Waals surface area contributed by atoms with Gasteiger partial charge < -0.3 is 0 Å². The zero-order valence-corrected chi connectivity index (χ0v) is 6.74. The number of hydrogen-bond acceptors (Lipinski definition) is 2. The van der Waals surface area contributed by atoms with Gasteiger partial charge in [-0.15, -0.1) is 0 Å². The molecular formula is C7H18N3. The van der Waals surface area contributed by atoms with E-state index in [1.165, 1.54) is 32.1 Å². The normalized spacial score (nSPS) is 10.2. The smallest absolute Gasteiger partial charge is 0.0113 e. The molecule has 0 amide bonds. The van der Waals surface area contributed by atoms with Crippen LogP contribution in [-0.4, -0.2) is 6.54 Å². The Bertz CT molecular complexity index is 48.8. The molecule has 0 rings (SSSR count). The summed E-state index contributed by atoms with van der Waals surface area (Å²) in [5.74, 6) is 6.56. The Morgan fingerprint density at radius 1 is 1.10 bits per heavy atom. The molecule has 0 aromatic heterocycles. The van der Waals surface area contributed by atoms with E-state index in [0.29, 0.717) is 0 Å². The van der Waals surface area contributed by atoms with Crippen LogP contribution in [0.15, 0.2) is 0 Å². The lowest BCUT2D eigenvalue weighted by molar-refractivity contribution is 0.505. The molecule has 0 aromatic carbocycles. The summed E-state index contributed by atoms with van der Waals surface area (Å²) < 4.78 is 0. The molecule has 3 nitrogen and oxygen atoms in total. The molecule has 0 unspecified atom stereocenters. The van der Waals surface area contributed by atoms with Crippen molar-refractivity contribution >= 4 is 0 Å². The lowest BCUT2D eigenvalue weighted by atomic mass is 10.2. The van der Waals surface area contributed by atoms with Crippen LogP contribution in [0.1, 0.15) is 39.0 Å². The second kappa shape index (κ2) is 8.88. The Morgan fingerprint density at radius 3 is 2.40 bits per heavy atom. The van der Waals surface area contributed by atoms with Crippen molar-refractivity contribution in [3.8, 4) is 0 Å². The van der Waals surface area contributed by atoms with Gasteiger partial charge >= 0.3 is 0 Å². The van der Waals surface area contributed by atoms with E-state index in [2.05, 4.69) is 17.9 Å². The highest BCUT2D eigenvalue weighted by Gasteiger charge is 1.86. The van der Waals surface area contributed by atoms with Crippen molar-refractivity contribution in [2.75, 3.05) is 6.54 Å². The molecule has 10 heavy (non-hydrogen) atoms. The summed E-state index contributed by atoms with van der Waals surface area (Å²) in [6, 6.07) is 0. The molecule has 0 heterocycles. The summed E-state index contributed by atoms with van der Waals surface area (Å²) in [5.41, 5.74) is 4.90. The third-order valence-electron chi connectivity index (χ3n) is 1.49. The molecular weight excluding hydrogens is 126 g/mol. The van der Waals surface area contributed by atoms with E-state index in [1.54, 1.807) is 0 Å². The summed E-state index contributed by atoms with van der Waals surface area (Å²) in [5, 5.41) is 0. The van der Waals surface area contributed by atoms with Crippen molar-refractivity contribution in [2.24, 2.45) is 0 Å². The van der Waals surface area contributed by atoms with Gasteiger partial charge in [-0.1, -0.05) is 32.6 Å². The Kier molecular flexibility index (Phi) is 8.77. The predicted octanol–water partition coefficient (Wildman–Crippen LogP) is 1.25. The second-order valence-corrected chi connectivity index (χ2v) is 2.47. The van der Waals surface area contributed by atoms with Gasteiger partial charge in [-0.2, -0.15) is 11.4 Å². The van der Waals surface area contributed by atoms with Gasteiger partial charge in [-0.05, 0) is 6.42 Å². The van der Waals surface area contributed by atoms with Crippen molar-refractivity contribution in [2.45, 2.75) is 39.0 Å². The topological polar surface area (TPSA) is 47.9 Å². The Morgan fingerprint density at radius 2 is 1.80 bits per heavy atom. The summed E-state index contributed by atoms with van der Waals surface area (Å²) >= 11 is 0. The Labute approximate surface area is 63.3 Å². The number of hydrogen-bond donors (Lipinski definition) is 2. The van der Waals surface area contributed by atoms with Crippen LogP contribution in [0.5, 0.6) is 0 Å². The van der Waals surface area contributed by atoms with Crippen LogP contribution in [0.3, 0.4) is 0 Å². The first-order chi connectivity index (χ1) is 4.91. The summed E-state index contributed by atoms with van der Waals surface area (Å²) in [4.78, 5) is 0. The van der Waals surface area contributed by atoms with E-state index in [0.717, 1.165) is 6.54 Å². The fraction of sp³-hybridized carbons (Fsp3) is 1.00. The quantitative estimate of drug-likeness (QED) is 0.417. The first-order valence-corrected chi connectivity index (χ1v) is 4.06. The monoisotopic (exact) mass is 144 g/mol. The third-order valence-corrected chi connectivity index (χ3v) is 1.49. The number of unbranched alkanes of at least 4 members (excludes halogenated alkanes) is 4. The van der Waals surface area contributed by atoms with E-state index in [1.807, 2.05) is 0 Å². The van der Waals surface area contributed by atoms with Gasteiger partial charge in [0.15, 0.2) is 0 Å². The average molecular weight is 144 g/mol. The number of rotatable bonds is 7. The average Bonchev–Trinajstić information content (AvgIpc) is 1.97. The Balaban J connectivity index is 2.65. The van der Waals surface area contributed by atoms with Crippen molar-refractivity contribution in [3.63, 3.8) is 0 Å². The van der Waals surface area contributed by atoms with E-state index in [9.17, 15) is 0 Å². The van der Waals surface area contributed by atoms with E-state index in [-0.39, 0.29) is 0 Å². The first-order valence-electron chi connectivity index (χ1n) is 4.06. The van der Waals surface area contributed by atoms with Crippen molar-refractivity contribution in [1.29, 1.82) is 0 Å². The van der Waals surface area contributed by atoms with Crippen LogP contribution >= 0.6 is 0 Å². The van der Waals surface area contributed by atoms with Crippen LogP contribution in [0.25, 0.3) is 0 Å². The standard InChI is InChI=1S/C7H18N3/c1-2-3-4-5-6-7-9-10-8/h8-10H,2-7H2,1H3. The van der Waals surface area contributed by atoms with Crippen LogP contribution in [0, 0.1) is 0 Å². The second-order valence-electron chi connectivity index (χ2n) is 2.47. The maximum atomic E-state index is 6.56. The highest BCUT2D eigenvalue weighted by atomic mass is 15.5. The SMILES string of the molecule is CCCCCCCNN[NH]. The molecule has 0 spiro atoms. The minimum atomic E-state index is 0.910. The van der Waals surface area contributed by atoms with Crippen LogP contribution in [0.2, 0.25) is 0 Å². The van der Waals surface area contributed by atoms with Gasteiger partial charge in [0.1, 0.15) is 0 Å². The first kappa shape index (κ1) is 9.88. The number of hydrazine groups is 1. The zero-order chi connectivity index (χ0) is 7.66. The molecule has 61 valence electrons. The Hall–Kier alpha value is -0.120. The molecule has 1 radical (unpaired) electrons. The molecule has 3 heteroatoms. The summed E-state index contributed by atoms with van der Waals surface area (Å²) in [6.07, 6.45) is 6.42. The van der Waals surface area contributed by atoms with E-state index >= 15 is 0 Å². The van der Waals surface area contributed by atoms with Crippen molar-refractivity contribution in [1.82, 2.24) is 16.8 Å². The molecule has 0 bridgehead atoms. The largest absolute Gasteiger partial charge is 0.243 e. The summed E-state index contributed by atoms with van der Waals surface area (Å²) in [6.45, 7) is 3.12. The molecule has 3 N–H and O–H groups in total. The predicted molar refractivity (Wildman–Crippen MR) is 43.0 cm³/mol. The summed E-state index contributed by atoms with van der Waals surface area (Å²) in [7, 11) is 0. The highest BCUT2D eigenvalue weighted by Crippen LogP contribution is 2.00. The van der Waals surface area contributed by atoms with Crippen LogP contribution in [-0.2, 0) is 0 Å². The van der Waals surface area contributed by atoms with E-state index in [4.69, 9.17) is 5.84 Å². The van der Waals surface area contributed by atoms with Crippen LogP contribution in [0.4, 0.5) is 0 Å². The van der Waals surface area contributed by atoms with E-state index < -0.39 is 0 Å². The molecule has 0 saturated carbocycles. The molecule has 0 aromatic rings. The fourth-order valence-electron chi connectivity index (χ4n) is 0.879. The number of nitrogens with one attached hydrogen (secondary N) is 3. The maximum Gasteiger partial charge on any atom is 0.0113 e. The molecule has 0 fully saturated rings.